The molecule has 0 aromatic heterocycles. The summed E-state index contributed by atoms with van der Waals surface area (Å²) in [5.41, 5.74) is 1.51. The van der Waals surface area contributed by atoms with Gasteiger partial charge in [0.05, 0.1) is 5.92 Å². The number of ketones is 1. The van der Waals surface area contributed by atoms with Crippen molar-refractivity contribution in [2.45, 2.75) is 91.8 Å². The molecule has 8 atom stereocenters. The second-order valence-electron chi connectivity index (χ2n) is 10.8. The Morgan fingerprint density at radius 2 is 1.67 bits per heavy atom. The highest BCUT2D eigenvalue weighted by Crippen LogP contribution is 2.66. The van der Waals surface area contributed by atoms with Gasteiger partial charge in [-0.05, 0) is 74.0 Å². The molecule has 0 aromatic rings. The maximum absolute atomic E-state index is 12.6. The van der Waals surface area contributed by atoms with Crippen LogP contribution in [0.5, 0.6) is 0 Å². The molecule has 4 rings (SSSR count). The fourth-order valence-electron chi connectivity index (χ4n) is 8.01. The molecule has 5 nitrogen and oxygen atoms in total. The SMILES string of the molecule is CC(=O)O[C@H]1CC[C@@]2(C)C(=CC[C@H]3[C@@H]4C[C@@H](OC(C)=O)[C@H](C(C)=O)[C@@]4(C)CC[C@@H]32)C1. The van der Waals surface area contributed by atoms with Gasteiger partial charge in [-0.15, -0.1) is 0 Å². The Bertz CT molecular complexity index is 784. The first kappa shape index (κ1) is 21.6. The average Bonchev–Trinajstić information content (AvgIpc) is 2.92. The Kier molecular flexibility index (Phi) is 5.39. The monoisotopic (exact) mass is 416 g/mol. The molecule has 3 fully saturated rings. The molecule has 0 saturated heterocycles. The standard InChI is InChI=1S/C25H36O5/c1-14(26)23-22(30-16(3)28)13-21-19-7-6-17-12-18(29-15(2)27)8-10-24(17,4)20(19)9-11-25(21,23)5/h6,18-23H,7-13H2,1-5H3/t18-,19+,20-,21-,22+,23-,24-,25-/m0/s1. The molecule has 5 heteroatoms. The first-order valence-corrected chi connectivity index (χ1v) is 11.6. The van der Waals surface area contributed by atoms with Crippen LogP contribution in [-0.4, -0.2) is 29.9 Å². The number of esters is 2. The molecular formula is C25H36O5. The minimum Gasteiger partial charge on any atom is -0.462 e. The van der Waals surface area contributed by atoms with Crippen LogP contribution in [0.15, 0.2) is 11.6 Å². The van der Waals surface area contributed by atoms with E-state index in [1.807, 2.05) is 0 Å². The third-order valence-electron chi connectivity index (χ3n) is 9.15. The van der Waals surface area contributed by atoms with Crippen LogP contribution >= 0.6 is 0 Å². The van der Waals surface area contributed by atoms with Crippen LogP contribution in [0.4, 0.5) is 0 Å². The molecule has 3 saturated carbocycles. The summed E-state index contributed by atoms with van der Waals surface area (Å²) >= 11 is 0. The van der Waals surface area contributed by atoms with Crippen molar-refractivity contribution in [2.24, 2.45) is 34.5 Å². The number of hydrogen-bond acceptors (Lipinski definition) is 5. The lowest BCUT2D eigenvalue weighted by Gasteiger charge is -2.57. The van der Waals surface area contributed by atoms with E-state index in [0.29, 0.717) is 17.8 Å². The Morgan fingerprint density at radius 1 is 0.967 bits per heavy atom. The number of rotatable bonds is 3. The summed E-state index contributed by atoms with van der Waals surface area (Å²) in [6.45, 7) is 9.28. The fourth-order valence-corrected chi connectivity index (χ4v) is 8.01. The summed E-state index contributed by atoms with van der Waals surface area (Å²) in [4.78, 5) is 35.8. The van der Waals surface area contributed by atoms with E-state index in [9.17, 15) is 14.4 Å². The molecule has 0 aromatic carbocycles. The van der Waals surface area contributed by atoms with E-state index < -0.39 is 0 Å². The zero-order chi connectivity index (χ0) is 21.8. The zero-order valence-electron chi connectivity index (χ0n) is 19.0. The van der Waals surface area contributed by atoms with Gasteiger partial charge in [-0.1, -0.05) is 25.5 Å². The smallest absolute Gasteiger partial charge is 0.302 e. The van der Waals surface area contributed by atoms with Gasteiger partial charge < -0.3 is 9.47 Å². The summed E-state index contributed by atoms with van der Waals surface area (Å²) in [7, 11) is 0. The van der Waals surface area contributed by atoms with Crippen LogP contribution in [0.1, 0.15) is 79.6 Å². The van der Waals surface area contributed by atoms with Gasteiger partial charge in [0.25, 0.3) is 0 Å². The van der Waals surface area contributed by atoms with E-state index in [0.717, 1.165) is 44.9 Å². The lowest BCUT2D eigenvalue weighted by atomic mass is 9.47. The van der Waals surface area contributed by atoms with E-state index in [2.05, 4.69) is 19.9 Å². The van der Waals surface area contributed by atoms with E-state index in [1.165, 1.54) is 19.4 Å². The van der Waals surface area contributed by atoms with Crippen molar-refractivity contribution < 1.29 is 23.9 Å². The molecule has 166 valence electrons. The van der Waals surface area contributed by atoms with Gasteiger partial charge in [0.1, 0.15) is 18.0 Å². The molecule has 0 bridgehead atoms. The lowest BCUT2D eigenvalue weighted by molar-refractivity contribution is -0.152. The highest BCUT2D eigenvalue weighted by Gasteiger charge is 2.63. The third-order valence-corrected chi connectivity index (χ3v) is 9.15. The van der Waals surface area contributed by atoms with E-state index >= 15 is 0 Å². The predicted molar refractivity (Wildman–Crippen MR) is 112 cm³/mol. The molecule has 0 spiro atoms. The minimum absolute atomic E-state index is 0.00847. The maximum Gasteiger partial charge on any atom is 0.302 e. The minimum atomic E-state index is -0.286. The van der Waals surface area contributed by atoms with Crippen molar-refractivity contribution >= 4 is 17.7 Å². The first-order valence-electron chi connectivity index (χ1n) is 11.6. The normalized spacial score (nSPS) is 44.8. The van der Waals surface area contributed by atoms with E-state index in [4.69, 9.17) is 9.47 Å². The molecule has 0 amide bonds. The topological polar surface area (TPSA) is 69.7 Å². The molecule has 4 aliphatic rings. The number of carbonyl (C=O) groups is 3. The first-order chi connectivity index (χ1) is 14.1. The lowest BCUT2D eigenvalue weighted by Crippen LogP contribution is -2.51. The Balaban J connectivity index is 1.61. The molecule has 0 unspecified atom stereocenters. The highest BCUT2D eigenvalue weighted by atomic mass is 16.5. The Labute approximate surface area is 179 Å². The van der Waals surface area contributed by atoms with Crippen molar-refractivity contribution in [3.63, 3.8) is 0 Å². The summed E-state index contributed by atoms with van der Waals surface area (Å²) in [6.07, 6.45) is 8.89. The fraction of sp³-hybridized carbons (Fsp3) is 0.800. The van der Waals surface area contributed by atoms with Gasteiger partial charge in [0.15, 0.2) is 0 Å². The summed E-state index contributed by atoms with van der Waals surface area (Å²) in [6, 6.07) is 0. The van der Waals surface area contributed by atoms with Crippen LogP contribution in [0, 0.1) is 34.5 Å². The quantitative estimate of drug-likeness (QED) is 0.496. The molecular weight excluding hydrogens is 380 g/mol. The van der Waals surface area contributed by atoms with Gasteiger partial charge in [0, 0.05) is 20.3 Å². The van der Waals surface area contributed by atoms with Crippen molar-refractivity contribution in [2.75, 3.05) is 0 Å². The number of ether oxygens (including phenoxy) is 2. The van der Waals surface area contributed by atoms with Crippen molar-refractivity contribution in [3.8, 4) is 0 Å². The van der Waals surface area contributed by atoms with Crippen LogP contribution < -0.4 is 0 Å². The van der Waals surface area contributed by atoms with Crippen LogP contribution in [0.25, 0.3) is 0 Å². The van der Waals surface area contributed by atoms with Gasteiger partial charge in [-0.3, -0.25) is 14.4 Å². The molecule has 0 radical (unpaired) electrons. The molecule has 4 aliphatic carbocycles. The van der Waals surface area contributed by atoms with Crippen molar-refractivity contribution in [3.05, 3.63) is 11.6 Å². The summed E-state index contributed by atoms with van der Waals surface area (Å²) < 4.78 is 11.2. The Hall–Kier alpha value is -1.65. The van der Waals surface area contributed by atoms with Gasteiger partial charge in [-0.25, -0.2) is 0 Å². The van der Waals surface area contributed by atoms with Gasteiger partial charge >= 0.3 is 11.9 Å². The Morgan fingerprint density at radius 3 is 2.30 bits per heavy atom. The summed E-state index contributed by atoms with van der Waals surface area (Å²) in [5, 5.41) is 0. The van der Waals surface area contributed by atoms with Gasteiger partial charge in [0.2, 0.25) is 0 Å². The average molecular weight is 417 g/mol. The zero-order valence-corrected chi connectivity index (χ0v) is 19.0. The summed E-state index contributed by atoms with van der Waals surface area (Å²) in [5.74, 6) is 0.990. The highest BCUT2D eigenvalue weighted by molar-refractivity contribution is 5.81. The molecule has 0 N–H and O–H groups in total. The number of allylic oxidation sites excluding steroid dienone is 1. The largest absolute Gasteiger partial charge is 0.462 e. The van der Waals surface area contributed by atoms with E-state index in [1.54, 1.807) is 6.92 Å². The maximum atomic E-state index is 12.6. The number of Topliss-reactive ketones (excluding diaryl/α,β-unsaturated/α-hetero) is 1. The van der Waals surface area contributed by atoms with Crippen LogP contribution in [0.2, 0.25) is 0 Å². The second-order valence-corrected chi connectivity index (χ2v) is 10.8. The third kappa shape index (κ3) is 3.33. The molecule has 30 heavy (non-hydrogen) atoms. The number of carbonyl (C=O) groups excluding carboxylic acids is 3. The van der Waals surface area contributed by atoms with Crippen LogP contribution in [-0.2, 0) is 23.9 Å². The van der Waals surface area contributed by atoms with Crippen molar-refractivity contribution in [1.82, 2.24) is 0 Å². The second kappa shape index (κ2) is 7.49. The molecule has 0 heterocycles. The number of hydrogen-bond donors (Lipinski definition) is 0. The number of fused-ring (bicyclic) bond motifs is 5. The van der Waals surface area contributed by atoms with Gasteiger partial charge in [-0.2, -0.15) is 0 Å². The van der Waals surface area contributed by atoms with Crippen molar-refractivity contribution in [1.29, 1.82) is 0 Å². The van der Waals surface area contributed by atoms with E-state index in [-0.39, 0.29) is 46.7 Å². The molecule has 0 aliphatic heterocycles. The van der Waals surface area contributed by atoms with Crippen LogP contribution in [0.3, 0.4) is 0 Å². The predicted octanol–water partition coefficient (Wildman–Crippen LogP) is 4.63.